The average molecular weight is 1090 g/mol. The molecule has 8 heterocycles. The number of rotatable bonds is 9. The van der Waals surface area contributed by atoms with Gasteiger partial charge in [-0.05, 0) is 63.1 Å². The molecule has 0 radical (unpaired) electrons. The highest BCUT2D eigenvalue weighted by Crippen LogP contribution is 2.36. The van der Waals surface area contributed by atoms with E-state index in [0.29, 0.717) is 72.2 Å². The largest absolute Gasteiger partial charge is 0.507 e. The second-order valence-corrected chi connectivity index (χ2v) is 21.2. The number of phenolic OH excluding ortho intramolecular Hbond substituents is 3. The highest BCUT2D eigenvalue weighted by atomic mass is 32.1. The van der Waals surface area contributed by atoms with Gasteiger partial charge in [0.25, 0.3) is 5.91 Å². The molecule has 19 nitrogen and oxygen atoms in total. The lowest BCUT2D eigenvalue weighted by Crippen LogP contribution is -2.51. The van der Waals surface area contributed by atoms with Gasteiger partial charge in [-0.3, -0.25) is 4.79 Å². The second kappa shape index (κ2) is 25.2. The zero-order valence-corrected chi connectivity index (χ0v) is 44.5. The number of thiazole rings is 3. The first-order valence-electron chi connectivity index (χ1n) is 25.3. The fourth-order valence-corrected chi connectivity index (χ4v) is 11.7. The maximum Gasteiger partial charge on any atom is 0.410 e. The predicted octanol–water partition coefficient (Wildman–Crippen LogP) is 8.58. The number of piperazine rings is 3. The van der Waals surface area contributed by atoms with E-state index in [9.17, 15) is 29.7 Å². The van der Waals surface area contributed by atoms with Crippen LogP contribution in [0.5, 0.6) is 17.2 Å². The molecule has 3 aromatic heterocycles. The number of carbonyl (C=O) groups excluding carboxylic acids is 3. The Morgan fingerprint density at radius 3 is 1.36 bits per heavy atom. The van der Waals surface area contributed by atoms with E-state index in [1.165, 1.54) is 0 Å². The predicted molar refractivity (Wildman–Crippen MR) is 295 cm³/mol. The van der Waals surface area contributed by atoms with Crippen molar-refractivity contribution >= 4 is 67.5 Å². The number of hydrogen-bond acceptors (Lipinski definition) is 19. The van der Waals surface area contributed by atoms with Crippen LogP contribution in [0.4, 0.5) is 25.0 Å². The molecule has 0 bridgehead atoms. The van der Waals surface area contributed by atoms with Crippen molar-refractivity contribution in [3.63, 3.8) is 0 Å². The van der Waals surface area contributed by atoms with E-state index in [2.05, 4.69) is 29.7 Å². The third-order valence-electron chi connectivity index (χ3n) is 13.2. The molecule has 3 aromatic carbocycles. The van der Waals surface area contributed by atoms with Crippen molar-refractivity contribution in [3.8, 4) is 51.0 Å². The highest BCUT2D eigenvalue weighted by Gasteiger charge is 2.32. The van der Waals surface area contributed by atoms with E-state index in [-0.39, 0.29) is 56.5 Å². The van der Waals surface area contributed by atoms with Crippen LogP contribution in [0.1, 0.15) is 36.0 Å². The van der Waals surface area contributed by atoms with Gasteiger partial charge in [0.2, 0.25) is 0 Å². The smallest absolute Gasteiger partial charge is 0.410 e. The van der Waals surface area contributed by atoms with Crippen LogP contribution in [-0.4, -0.2) is 180 Å². The molecule has 22 heteroatoms. The number of nitrogens with zero attached hydrogens (tertiary/aromatic N) is 9. The lowest BCUT2D eigenvalue weighted by Gasteiger charge is -2.35. The molecule has 5 aliphatic rings. The van der Waals surface area contributed by atoms with Gasteiger partial charge in [0.15, 0.2) is 15.4 Å². The number of benzene rings is 3. The van der Waals surface area contributed by atoms with Gasteiger partial charge < -0.3 is 63.7 Å². The molecule has 0 saturated carbocycles. The normalized spacial score (nSPS) is 18.8. The van der Waals surface area contributed by atoms with Gasteiger partial charge in [0.1, 0.15) is 29.5 Å². The minimum Gasteiger partial charge on any atom is -0.507 e. The van der Waals surface area contributed by atoms with Gasteiger partial charge in [-0.2, -0.15) is 0 Å². The van der Waals surface area contributed by atoms with Crippen molar-refractivity contribution in [2.24, 2.45) is 0 Å². The van der Waals surface area contributed by atoms with E-state index in [1.807, 2.05) is 71.3 Å². The number of hydrogen-bond donors (Lipinski definition) is 3. The standard InChI is InChI=1S/C18H21N3O4S.C18H21N3O3S.C17H21N3O3S.2H2/c22-16-4-2-1-3-14(16)15-12-26-17(19-15)20-6-8-21(9-7-20)18(23)25-13-5-10-24-11-13;22-15-5-2-1-4-13(15)14-12-25-18(19-14)21-9-7-20(8-10-21)17(23)16-6-3-11-24-16;1-12(2)23-17(22)20-9-7-19(8-10-20)16-18-14(11-24-16)13-5-3-4-6-15(13)21;;/h1-4,12-13,22H,5-11H2;1-2,4-5,12,16,22H,3,6-11H2;3-6,11-12,21H,7-10H2,1-2H3;2*1H/t13-;16-;;;/m00.../s1. The lowest BCUT2D eigenvalue weighted by molar-refractivity contribution is -0.141. The number of anilines is 3. The number of phenols is 3. The molecule has 75 heavy (non-hydrogen) atoms. The first-order chi connectivity index (χ1) is 36.5. The van der Waals surface area contributed by atoms with Crippen molar-refractivity contribution < 1.29 is 51.5 Å². The number of aromatic nitrogens is 3. The van der Waals surface area contributed by atoms with Gasteiger partial charge in [-0.1, -0.05) is 36.4 Å². The molecular weight excluding hydrogens is 1020 g/mol. The Balaban J connectivity index is 0.000000166. The Hall–Kier alpha value is -6.72. The van der Waals surface area contributed by atoms with Gasteiger partial charge in [0, 0.05) is 127 Å². The number of ether oxygens (including phenoxy) is 4. The van der Waals surface area contributed by atoms with Crippen LogP contribution in [0.2, 0.25) is 0 Å². The molecule has 2 atom stereocenters. The molecule has 5 fully saturated rings. The number of carbonyl (C=O) groups is 3. The van der Waals surface area contributed by atoms with Gasteiger partial charge in [-0.15, -0.1) is 34.0 Å². The fraction of sp³-hybridized carbons (Fsp3) is 0.434. The van der Waals surface area contributed by atoms with Crippen LogP contribution >= 0.6 is 34.0 Å². The Bertz CT molecular complexity index is 2840. The van der Waals surface area contributed by atoms with Crippen LogP contribution < -0.4 is 14.7 Å². The molecule has 402 valence electrons. The van der Waals surface area contributed by atoms with E-state index < -0.39 is 0 Å². The summed E-state index contributed by atoms with van der Waals surface area (Å²) in [5.74, 6) is 0.834. The minimum atomic E-state index is -0.255. The summed E-state index contributed by atoms with van der Waals surface area (Å²) in [6.45, 7) is 13.8. The highest BCUT2D eigenvalue weighted by molar-refractivity contribution is 7.14. The quantitative estimate of drug-likeness (QED) is 0.124. The summed E-state index contributed by atoms with van der Waals surface area (Å²) >= 11 is 4.67. The summed E-state index contributed by atoms with van der Waals surface area (Å²) < 4.78 is 21.4. The zero-order valence-electron chi connectivity index (χ0n) is 42.1. The fourth-order valence-electron chi connectivity index (χ4n) is 9.02. The summed E-state index contributed by atoms with van der Waals surface area (Å²) in [4.78, 5) is 62.4. The maximum absolute atomic E-state index is 12.4. The van der Waals surface area contributed by atoms with E-state index in [4.69, 9.17) is 18.9 Å². The van der Waals surface area contributed by atoms with Gasteiger partial charge >= 0.3 is 12.2 Å². The molecule has 6 aromatic rings. The molecule has 3 N–H and O–H groups in total. The summed E-state index contributed by atoms with van der Waals surface area (Å²) in [7, 11) is 0. The molecule has 11 rings (SSSR count). The SMILES string of the molecule is CC(C)OC(=O)N1CCN(c2nc(-c3ccccc3O)cs2)CC1.O=C(O[C@H]1CCOC1)N1CCN(c2nc(-c3ccccc3O)cs2)CC1.O=C([C@@H]1CCCO1)N1CCN(c2nc(-c3ccccc3O)cs2)CC1.[HH].[HH]. The Labute approximate surface area is 451 Å². The van der Waals surface area contributed by atoms with Crippen molar-refractivity contribution in [1.29, 1.82) is 0 Å². The number of amides is 3. The monoisotopic (exact) mass is 1090 g/mol. The molecule has 3 amide bonds. The Kier molecular flexibility index (Phi) is 17.9. The van der Waals surface area contributed by atoms with E-state index in [0.717, 1.165) is 94.6 Å². The van der Waals surface area contributed by atoms with Gasteiger partial charge in [-0.25, -0.2) is 24.5 Å². The van der Waals surface area contributed by atoms with Crippen LogP contribution in [0.25, 0.3) is 33.8 Å². The summed E-state index contributed by atoms with van der Waals surface area (Å²) in [5.41, 5.74) is 4.55. The van der Waals surface area contributed by atoms with Crippen LogP contribution in [0, 0.1) is 0 Å². The summed E-state index contributed by atoms with van der Waals surface area (Å²) in [6, 6.07) is 21.6. The first kappa shape index (κ1) is 53.1. The topological polar surface area (TPSA) is 207 Å². The molecule has 5 aliphatic heterocycles. The van der Waals surface area contributed by atoms with E-state index in [1.54, 1.807) is 80.2 Å². The second-order valence-electron chi connectivity index (χ2n) is 18.7. The molecule has 0 aliphatic carbocycles. The summed E-state index contributed by atoms with van der Waals surface area (Å²) in [5, 5.41) is 38.5. The van der Waals surface area contributed by atoms with Crippen LogP contribution in [0.15, 0.2) is 88.9 Å². The zero-order chi connectivity index (χ0) is 52.3. The number of aromatic hydroxyl groups is 3. The van der Waals surface area contributed by atoms with Gasteiger partial charge in [0.05, 0.1) is 36.4 Å². The Morgan fingerprint density at radius 1 is 0.573 bits per heavy atom. The molecule has 0 spiro atoms. The molecule has 5 saturated heterocycles. The molecular formula is C53H67N9O10S3. The van der Waals surface area contributed by atoms with Crippen LogP contribution in [-0.2, 0) is 23.7 Å². The third kappa shape index (κ3) is 13.6. The number of para-hydroxylation sites is 3. The molecule has 0 unspecified atom stereocenters. The van der Waals surface area contributed by atoms with E-state index >= 15 is 0 Å². The van der Waals surface area contributed by atoms with Crippen molar-refractivity contribution in [2.75, 3.05) is 113 Å². The van der Waals surface area contributed by atoms with Crippen molar-refractivity contribution in [1.82, 2.24) is 29.7 Å². The minimum absolute atomic E-state index is 0. The third-order valence-corrected chi connectivity index (χ3v) is 15.9. The summed E-state index contributed by atoms with van der Waals surface area (Å²) in [6.07, 6.45) is 1.64. The first-order valence-corrected chi connectivity index (χ1v) is 28.0. The van der Waals surface area contributed by atoms with Crippen molar-refractivity contribution in [2.45, 2.75) is 51.4 Å². The van der Waals surface area contributed by atoms with Crippen molar-refractivity contribution in [3.05, 3.63) is 88.9 Å². The lowest BCUT2D eigenvalue weighted by atomic mass is 10.1. The Morgan fingerprint density at radius 2 is 0.987 bits per heavy atom. The average Bonchev–Trinajstić information content (AvgIpc) is 4.33. The van der Waals surface area contributed by atoms with Crippen LogP contribution in [0.3, 0.4) is 0 Å². The maximum atomic E-state index is 12.4.